The van der Waals surface area contributed by atoms with Gasteiger partial charge in [-0.05, 0) is 30.7 Å². The number of anilines is 1. The van der Waals surface area contributed by atoms with Gasteiger partial charge in [0.25, 0.3) is 0 Å². The molecule has 1 heterocycles. The maximum Gasteiger partial charge on any atom is 0.347 e. The predicted molar refractivity (Wildman–Crippen MR) is 73.0 cm³/mol. The van der Waals surface area contributed by atoms with Gasteiger partial charge in [0.1, 0.15) is 6.54 Å². The second-order valence-electron chi connectivity index (χ2n) is 4.28. The molecule has 100 valence electrons. The molecule has 1 N–H and O–H groups in total. The smallest absolute Gasteiger partial charge is 0.324 e. The number of benzene rings is 1. The summed E-state index contributed by atoms with van der Waals surface area (Å²) in [4.78, 5) is 27.0. The monoisotopic (exact) mass is 268 g/mol. The molecule has 6 nitrogen and oxygen atoms in total. The van der Waals surface area contributed by atoms with Crippen LogP contribution < -0.4 is 11.0 Å². The molecule has 0 aliphatic rings. The molecule has 0 atom stereocenters. The summed E-state index contributed by atoms with van der Waals surface area (Å²) in [5.41, 5.74) is 1.29. The molecule has 0 aliphatic heterocycles. The molecule has 0 radical (unpaired) electrons. The van der Waals surface area contributed by atoms with E-state index in [0.29, 0.717) is 11.3 Å². The molecule has 0 saturated carbocycles. The zero-order valence-electron chi connectivity index (χ0n) is 10.8. The first-order valence-corrected chi connectivity index (χ1v) is 5.91. The van der Waals surface area contributed by atoms with Gasteiger partial charge in [0.05, 0.1) is 11.6 Å². The van der Waals surface area contributed by atoms with Crippen molar-refractivity contribution < 1.29 is 4.79 Å². The van der Waals surface area contributed by atoms with Gasteiger partial charge in [0.2, 0.25) is 5.91 Å². The predicted octanol–water partition coefficient (Wildman–Crippen LogP) is 1.06. The summed E-state index contributed by atoms with van der Waals surface area (Å²) in [5, 5.41) is 11.4. The van der Waals surface area contributed by atoms with Gasteiger partial charge >= 0.3 is 5.69 Å². The van der Waals surface area contributed by atoms with Crippen molar-refractivity contribution in [2.24, 2.45) is 0 Å². The highest BCUT2D eigenvalue weighted by Gasteiger charge is 2.06. The normalized spacial score (nSPS) is 9.80. The molecular weight excluding hydrogens is 256 g/mol. The first kappa shape index (κ1) is 13.5. The van der Waals surface area contributed by atoms with E-state index < -0.39 is 5.69 Å². The Morgan fingerprint density at radius 2 is 2.30 bits per heavy atom. The van der Waals surface area contributed by atoms with Crippen LogP contribution in [-0.4, -0.2) is 15.5 Å². The van der Waals surface area contributed by atoms with Gasteiger partial charge in [-0.3, -0.25) is 9.36 Å². The van der Waals surface area contributed by atoms with Gasteiger partial charge < -0.3 is 5.32 Å². The molecule has 0 spiro atoms. The Kier molecular flexibility index (Phi) is 3.91. The number of rotatable bonds is 3. The highest BCUT2D eigenvalue weighted by molar-refractivity contribution is 5.90. The largest absolute Gasteiger partial charge is 0.347 e. The van der Waals surface area contributed by atoms with Gasteiger partial charge in [-0.1, -0.05) is 6.07 Å². The SMILES string of the molecule is Cc1cnc(=O)n(CC(=O)Nc2cccc(C#N)c2)c1. The lowest BCUT2D eigenvalue weighted by atomic mass is 10.2. The average Bonchev–Trinajstić information content (AvgIpc) is 2.43. The second kappa shape index (κ2) is 5.80. The number of carbonyl (C=O) groups is 1. The molecule has 0 saturated heterocycles. The summed E-state index contributed by atoms with van der Waals surface area (Å²) < 4.78 is 1.23. The van der Waals surface area contributed by atoms with Crippen molar-refractivity contribution in [1.29, 1.82) is 5.26 Å². The van der Waals surface area contributed by atoms with Crippen molar-refractivity contribution in [3.05, 3.63) is 58.3 Å². The number of nitriles is 1. The third-order valence-corrected chi connectivity index (χ3v) is 2.57. The molecule has 0 bridgehead atoms. The van der Waals surface area contributed by atoms with Gasteiger partial charge in [-0.2, -0.15) is 5.26 Å². The zero-order valence-corrected chi connectivity index (χ0v) is 10.8. The van der Waals surface area contributed by atoms with Crippen molar-refractivity contribution in [3.8, 4) is 6.07 Å². The second-order valence-corrected chi connectivity index (χ2v) is 4.28. The fourth-order valence-electron chi connectivity index (χ4n) is 1.70. The van der Waals surface area contributed by atoms with Gasteiger partial charge in [0, 0.05) is 18.1 Å². The lowest BCUT2D eigenvalue weighted by Crippen LogP contribution is -2.29. The van der Waals surface area contributed by atoms with E-state index >= 15 is 0 Å². The van der Waals surface area contributed by atoms with Crippen molar-refractivity contribution in [3.63, 3.8) is 0 Å². The Balaban J connectivity index is 2.11. The Morgan fingerprint density at radius 3 is 3.05 bits per heavy atom. The minimum atomic E-state index is -0.475. The molecule has 2 rings (SSSR count). The molecular formula is C14H12N4O2. The van der Waals surface area contributed by atoms with Gasteiger partial charge in [-0.25, -0.2) is 9.78 Å². The molecule has 6 heteroatoms. The molecule has 0 unspecified atom stereocenters. The van der Waals surface area contributed by atoms with Crippen LogP contribution in [0, 0.1) is 18.3 Å². The van der Waals surface area contributed by atoms with Crippen molar-refractivity contribution in [2.75, 3.05) is 5.32 Å². The maximum atomic E-state index is 11.9. The first-order chi connectivity index (χ1) is 9.58. The Hall–Kier alpha value is -2.94. The molecule has 20 heavy (non-hydrogen) atoms. The van der Waals surface area contributed by atoms with Crippen LogP contribution in [0.4, 0.5) is 5.69 Å². The van der Waals surface area contributed by atoms with E-state index in [1.165, 1.54) is 10.8 Å². The highest BCUT2D eigenvalue weighted by atomic mass is 16.2. The molecule has 1 amide bonds. The minimum Gasteiger partial charge on any atom is -0.324 e. The Morgan fingerprint density at radius 1 is 1.50 bits per heavy atom. The molecule has 0 fully saturated rings. The van der Waals surface area contributed by atoms with Crippen LogP contribution in [-0.2, 0) is 11.3 Å². The lowest BCUT2D eigenvalue weighted by Gasteiger charge is -2.07. The van der Waals surface area contributed by atoms with Crippen LogP contribution in [0.1, 0.15) is 11.1 Å². The van der Waals surface area contributed by atoms with E-state index in [9.17, 15) is 9.59 Å². The number of nitrogens with one attached hydrogen (secondary N) is 1. The number of hydrogen-bond acceptors (Lipinski definition) is 4. The first-order valence-electron chi connectivity index (χ1n) is 5.91. The maximum absolute atomic E-state index is 11.9. The zero-order chi connectivity index (χ0) is 14.5. The van der Waals surface area contributed by atoms with E-state index in [0.717, 1.165) is 5.56 Å². The average molecular weight is 268 g/mol. The summed E-state index contributed by atoms with van der Waals surface area (Å²) >= 11 is 0. The van der Waals surface area contributed by atoms with Crippen molar-refractivity contribution >= 4 is 11.6 Å². The number of amides is 1. The molecule has 2 aromatic rings. The van der Waals surface area contributed by atoms with Crippen LogP contribution in [0.5, 0.6) is 0 Å². The molecule has 1 aromatic carbocycles. The van der Waals surface area contributed by atoms with E-state index in [1.54, 1.807) is 37.4 Å². The van der Waals surface area contributed by atoms with E-state index in [2.05, 4.69) is 10.3 Å². The molecule has 1 aromatic heterocycles. The number of carbonyl (C=O) groups excluding carboxylic acids is 1. The van der Waals surface area contributed by atoms with Crippen LogP contribution >= 0.6 is 0 Å². The van der Waals surface area contributed by atoms with Gasteiger partial charge in [-0.15, -0.1) is 0 Å². The van der Waals surface area contributed by atoms with Crippen LogP contribution in [0.25, 0.3) is 0 Å². The summed E-state index contributed by atoms with van der Waals surface area (Å²) in [6.07, 6.45) is 3.02. The van der Waals surface area contributed by atoms with Crippen molar-refractivity contribution in [1.82, 2.24) is 9.55 Å². The number of aryl methyl sites for hydroxylation is 1. The fourth-order valence-corrected chi connectivity index (χ4v) is 1.70. The fraction of sp³-hybridized carbons (Fsp3) is 0.143. The van der Waals surface area contributed by atoms with E-state index in [4.69, 9.17) is 5.26 Å². The summed E-state index contributed by atoms with van der Waals surface area (Å²) in [7, 11) is 0. The highest BCUT2D eigenvalue weighted by Crippen LogP contribution is 2.09. The van der Waals surface area contributed by atoms with Gasteiger partial charge in [0.15, 0.2) is 0 Å². The Labute approximate surface area is 115 Å². The van der Waals surface area contributed by atoms with Crippen LogP contribution in [0.2, 0.25) is 0 Å². The minimum absolute atomic E-state index is 0.121. The third-order valence-electron chi connectivity index (χ3n) is 2.57. The third kappa shape index (κ3) is 3.29. The van der Waals surface area contributed by atoms with Crippen LogP contribution in [0.3, 0.4) is 0 Å². The topological polar surface area (TPSA) is 87.8 Å². The number of hydrogen-bond donors (Lipinski definition) is 1. The standard InChI is InChI=1S/C14H12N4O2/c1-10-7-16-14(20)18(8-10)9-13(19)17-12-4-2-3-11(5-12)6-15/h2-5,7-8H,9H2,1H3,(H,17,19). The lowest BCUT2D eigenvalue weighted by molar-refractivity contribution is -0.116. The summed E-state index contributed by atoms with van der Waals surface area (Å²) in [6.45, 7) is 1.67. The van der Waals surface area contributed by atoms with E-state index in [1.807, 2.05) is 6.07 Å². The van der Waals surface area contributed by atoms with Crippen molar-refractivity contribution in [2.45, 2.75) is 13.5 Å². The summed E-state index contributed by atoms with van der Waals surface area (Å²) in [5.74, 6) is -0.352. The van der Waals surface area contributed by atoms with E-state index in [-0.39, 0.29) is 12.5 Å². The summed E-state index contributed by atoms with van der Waals surface area (Å²) in [6, 6.07) is 8.55. The molecule has 0 aliphatic carbocycles. The number of nitrogens with zero attached hydrogens (tertiary/aromatic N) is 3. The number of aromatic nitrogens is 2. The quantitative estimate of drug-likeness (QED) is 0.901. The Bertz CT molecular complexity index is 743. The van der Waals surface area contributed by atoms with Crippen LogP contribution in [0.15, 0.2) is 41.5 Å².